The first-order valence-electron chi connectivity index (χ1n) is 5.30. The third-order valence-corrected chi connectivity index (χ3v) is 2.61. The Hall–Kier alpha value is -2.04. The Labute approximate surface area is 98.5 Å². The van der Waals surface area contributed by atoms with Crippen LogP contribution < -0.4 is 5.32 Å². The molecule has 1 aromatic carbocycles. The smallest absolute Gasteiger partial charge is 0.165 e. The lowest BCUT2D eigenvalue weighted by Gasteiger charge is -2.07. The lowest BCUT2D eigenvalue weighted by molar-refractivity contribution is 0.432. The van der Waals surface area contributed by atoms with Crippen LogP contribution in [0.15, 0.2) is 18.2 Å². The summed E-state index contributed by atoms with van der Waals surface area (Å²) in [5.41, 5.74) is 3.52. The van der Waals surface area contributed by atoms with E-state index in [4.69, 9.17) is 5.11 Å². The zero-order valence-corrected chi connectivity index (χ0v) is 9.71. The van der Waals surface area contributed by atoms with E-state index in [-0.39, 0.29) is 5.75 Å². The molecule has 0 fully saturated rings. The van der Waals surface area contributed by atoms with E-state index in [1.807, 2.05) is 13.8 Å². The van der Waals surface area contributed by atoms with Crippen molar-refractivity contribution in [1.29, 1.82) is 0 Å². The lowest BCUT2D eigenvalue weighted by atomic mass is 10.2. The van der Waals surface area contributed by atoms with Crippen LogP contribution in [0.3, 0.4) is 0 Å². The van der Waals surface area contributed by atoms with Gasteiger partial charge < -0.3 is 10.4 Å². The maximum absolute atomic E-state index is 13.1. The second-order valence-corrected chi connectivity index (χ2v) is 3.95. The third-order valence-electron chi connectivity index (χ3n) is 2.61. The molecule has 1 heterocycles. The van der Waals surface area contributed by atoms with Crippen molar-refractivity contribution in [2.75, 3.05) is 5.32 Å². The monoisotopic (exact) mass is 235 g/mol. The summed E-state index contributed by atoms with van der Waals surface area (Å²) in [5, 5.41) is 19.2. The molecule has 17 heavy (non-hydrogen) atoms. The fourth-order valence-corrected chi connectivity index (χ4v) is 1.66. The number of H-pyrrole nitrogens is 1. The Kier molecular flexibility index (Phi) is 2.99. The first-order valence-corrected chi connectivity index (χ1v) is 5.30. The SMILES string of the molecule is Cc1n[nH]c(C)c1NCc1ccc(O)c(F)c1. The zero-order valence-electron chi connectivity index (χ0n) is 9.71. The minimum atomic E-state index is -0.607. The second-order valence-electron chi connectivity index (χ2n) is 3.95. The molecular formula is C12H14FN3O. The summed E-state index contributed by atoms with van der Waals surface area (Å²) < 4.78 is 13.1. The molecule has 4 nitrogen and oxygen atoms in total. The molecule has 5 heteroatoms. The second kappa shape index (κ2) is 4.45. The van der Waals surface area contributed by atoms with Gasteiger partial charge in [0.25, 0.3) is 0 Å². The van der Waals surface area contributed by atoms with Crippen LogP contribution in [0.4, 0.5) is 10.1 Å². The van der Waals surface area contributed by atoms with Crippen molar-refractivity contribution in [3.05, 3.63) is 41.0 Å². The Morgan fingerprint density at radius 2 is 2.18 bits per heavy atom. The number of nitrogens with zero attached hydrogens (tertiary/aromatic N) is 1. The van der Waals surface area contributed by atoms with E-state index < -0.39 is 5.82 Å². The van der Waals surface area contributed by atoms with Crippen molar-refractivity contribution in [2.24, 2.45) is 0 Å². The maximum Gasteiger partial charge on any atom is 0.165 e. The highest BCUT2D eigenvalue weighted by atomic mass is 19.1. The molecule has 0 radical (unpaired) electrons. The topological polar surface area (TPSA) is 60.9 Å². The van der Waals surface area contributed by atoms with Crippen molar-refractivity contribution in [3.63, 3.8) is 0 Å². The van der Waals surface area contributed by atoms with Gasteiger partial charge in [-0.25, -0.2) is 4.39 Å². The molecule has 0 atom stereocenters. The van der Waals surface area contributed by atoms with Crippen LogP contribution >= 0.6 is 0 Å². The molecule has 0 unspecified atom stereocenters. The number of aryl methyl sites for hydroxylation is 2. The van der Waals surface area contributed by atoms with Crippen LogP contribution in [0.1, 0.15) is 17.0 Å². The van der Waals surface area contributed by atoms with Gasteiger partial charge in [-0.2, -0.15) is 5.10 Å². The van der Waals surface area contributed by atoms with Gasteiger partial charge in [-0.15, -0.1) is 0 Å². The van der Waals surface area contributed by atoms with Gasteiger partial charge in [-0.05, 0) is 31.5 Å². The van der Waals surface area contributed by atoms with Gasteiger partial charge in [0, 0.05) is 6.54 Å². The molecular weight excluding hydrogens is 221 g/mol. The van der Waals surface area contributed by atoms with Crippen LogP contribution in [-0.2, 0) is 6.54 Å². The van der Waals surface area contributed by atoms with E-state index in [9.17, 15) is 4.39 Å². The number of nitrogens with one attached hydrogen (secondary N) is 2. The summed E-state index contributed by atoms with van der Waals surface area (Å²) in [6.07, 6.45) is 0. The normalized spacial score (nSPS) is 10.5. The summed E-state index contributed by atoms with van der Waals surface area (Å²) in [6, 6.07) is 4.34. The number of aromatic hydroxyl groups is 1. The summed E-state index contributed by atoms with van der Waals surface area (Å²) >= 11 is 0. The van der Waals surface area contributed by atoms with Crippen molar-refractivity contribution in [3.8, 4) is 5.75 Å². The lowest BCUT2D eigenvalue weighted by Crippen LogP contribution is -2.01. The van der Waals surface area contributed by atoms with Crippen LogP contribution in [0.2, 0.25) is 0 Å². The zero-order chi connectivity index (χ0) is 12.4. The van der Waals surface area contributed by atoms with E-state index >= 15 is 0 Å². The van der Waals surface area contributed by atoms with Crippen molar-refractivity contribution in [1.82, 2.24) is 10.2 Å². The predicted molar refractivity (Wildman–Crippen MR) is 63.5 cm³/mol. The fourth-order valence-electron chi connectivity index (χ4n) is 1.66. The van der Waals surface area contributed by atoms with Gasteiger partial charge in [0.05, 0.1) is 17.1 Å². The summed E-state index contributed by atoms with van der Waals surface area (Å²) in [6.45, 7) is 4.29. The molecule has 0 bridgehead atoms. The Morgan fingerprint density at radius 3 is 2.76 bits per heavy atom. The van der Waals surface area contributed by atoms with Gasteiger partial charge >= 0.3 is 0 Å². The highest BCUT2D eigenvalue weighted by Gasteiger charge is 2.06. The largest absolute Gasteiger partial charge is 0.505 e. The quantitative estimate of drug-likeness (QED) is 0.766. The molecule has 2 aromatic rings. The van der Waals surface area contributed by atoms with Crippen molar-refractivity contribution in [2.45, 2.75) is 20.4 Å². The van der Waals surface area contributed by atoms with E-state index in [2.05, 4.69) is 15.5 Å². The number of anilines is 1. The highest BCUT2D eigenvalue weighted by Crippen LogP contribution is 2.19. The molecule has 0 spiro atoms. The van der Waals surface area contributed by atoms with E-state index in [0.29, 0.717) is 6.54 Å². The minimum Gasteiger partial charge on any atom is -0.505 e. The average Bonchev–Trinajstić information content (AvgIpc) is 2.61. The molecule has 0 amide bonds. The van der Waals surface area contributed by atoms with E-state index in [0.717, 1.165) is 22.6 Å². The van der Waals surface area contributed by atoms with Crippen LogP contribution in [0, 0.1) is 19.7 Å². The molecule has 0 aliphatic rings. The predicted octanol–water partition coefficient (Wildman–Crippen LogP) is 2.48. The van der Waals surface area contributed by atoms with Gasteiger partial charge in [-0.3, -0.25) is 5.10 Å². The molecule has 1 aromatic heterocycles. The number of hydrogen-bond acceptors (Lipinski definition) is 3. The Balaban J connectivity index is 2.10. The molecule has 0 saturated carbocycles. The number of benzene rings is 1. The van der Waals surface area contributed by atoms with Crippen LogP contribution in [0.5, 0.6) is 5.75 Å². The van der Waals surface area contributed by atoms with E-state index in [1.165, 1.54) is 12.1 Å². The van der Waals surface area contributed by atoms with Gasteiger partial charge in [0.15, 0.2) is 11.6 Å². The van der Waals surface area contributed by atoms with Crippen molar-refractivity contribution < 1.29 is 9.50 Å². The first-order chi connectivity index (χ1) is 8.08. The summed E-state index contributed by atoms with van der Waals surface area (Å²) in [5.74, 6) is -0.936. The van der Waals surface area contributed by atoms with E-state index in [1.54, 1.807) is 6.07 Å². The molecule has 0 aliphatic heterocycles. The third kappa shape index (κ3) is 2.38. The molecule has 2 rings (SSSR count). The Bertz CT molecular complexity index is 517. The number of hydrogen-bond donors (Lipinski definition) is 3. The maximum atomic E-state index is 13.1. The first kappa shape index (κ1) is 11.4. The standard InChI is InChI=1S/C12H14FN3O/c1-7-12(8(2)16-15-7)14-6-9-3-4-11(17)10(13)5-9/h3-5,14,17H,6H2,1-2H3,(H,15,16). The number of aromatic amines is 1. The summed E-state index contributed by atoms with van der Waals surface area (Å²) in [7, 11) is 0. The highest BCUT2D eigenvalue weighted by molar-refractivity contribution is 5.51. The number of rotatable bonds is 3. The molecule has 0 aliphatic carbocycles. The van der Waals surface area contributed by atoms with Crippen molar-refractivity contribution >= 4 is 5.69 Å². The number of phenols is 1. The van der Waals surface area contributed by atoms with Gasteiger partial charge in [0.2, 0.25) is 0 Å². The molecule has 0 saturated heterocycles. The average molecular weight is 235 g/mol. The number of phenolic OH excluding ortho intramolecular Hbond substituents is 1. The van der Waals surface area contributed by atoms with Crippen LogP contribution in [-0.4, -0.2) is 15.3 Å². The number of halogens is 1. The fraction of sp³-hybridized carbons (Fsp3) is 0.250. The molecule has 3 N–H and O–H groups in total. The minimum absolute atomic E-state index is 0.329. The Morgan fingerprint density at radius 1 is 1.41 bits per heavy atom. The van der Waals surface area contributed by atoms with Crippen LogP contribution in [0.25, 0.3) is 0 Å². The van der Waals surface area contributed by atoms with Gasteiger partial charge in [-0.1, -0.05) is 6.07 Å². The summed E-state index contributed by atoms with van der Waals surface area (Å²) in [4.78, 5) is 0. The van der Waals surface area contributed by atoms with Gasteiger partial charge in [0.1, 0.15) is 0 Å². The molecule has 90 valence electrons. The number of aromatic nitrogens is 2.